The highest BCUT2D eigenvalue weighted by Crippen LogP contribution is 1.90. The second kappa shape index (κ2) is 8.93. The molecule has 0 aromatic heterocycles. The van der Waals surface area contributed by atoms with Crippen LogP contribution in [-0.2, 0) is 9.53 Å². The Morgan fingerprint density at radius 1 is 1.44 bits per heavy atom. The minimum absolute atomic E-state index is 0.0196. The van der Waals surface area contributed by atoms with E-state index in [0.717, 1.165) is 0 Å². The Balaban J connectivity index is 3.77. The first-order chi connectivity index (χ1) is 7.61. The van der Waals surface area contributed by atoms with Gasteiger partial charge in [-0.05, 0) is 6.92 Å². The van der Waals surface area contributed by atoms with E-state index >= 15 is 0 Å². The molecule has 0 aromatic carbocycles. The summed E-state index contributed by atoms with van der Waals surface area (Å²) in [7, 11) is 0. The summed E-state index contributed by atoms with van der Waals surface area (Å²) in [6, 6.07) is -1.65. The fourth-order valence-electron chi connectivity index (χ4n) is 0.977. The van der Waals surface area contributed by atoms with E-state index in [1.54, 1.807) is 0 Å². The Kier molecular flexibility index (Phi) is 8.18. The minimum atomic E-state index is -1.17. The van der Waals surface area contributed by atoms with E-state index in [4.69, 9.17) is 14.9 Å². The third kappa shape index (κ3) is 7.02. The van der Waals surface area contributed by atoms with Crippen molar-refractivity contribution in [1.82, 2.24) is 10.6 Å². The predicted molar refractivity (Wildman–Crippen MR) is 56.2 cm³/mol. The van der Waals surface area contributed by atoms with Gasteiger partial charge in [-0.15, -0.1) is 0 Å². The molecule has 0 saturated heterocycles. The molecule has 0 bridgehead atoms. The summed E-state index contributed by atoms with van der Waals surface area (Å²) < 4.78 is 4.99. The van der Waals surface area contributed by atoms with E-state index < -0.39 is 18.0 Å². The van der Waals surface area contributed by atoms with Crippen molar-refractivity contribution in [3.63, 3.8) is 0 Å². The topological polar surface area (TPSA) is 108 Å². The Morgan fingerprint density at radius 3 is 2.62 bits per heavy atom. The number of amides is 2. The normalized spacial score (nSPS) is 11.9. The molecule has 0 aliphatic heterocycles. The molecule has 4 N–H and O–H groups in total. The number of aliphatic carboxylic acids is 1. The molecule has 7 heteroatoms. The summed E-state index contributed by atoms with van der Waals surface area (Å²) in [5, 5.41) is 21.9. The molecule has 0 rings (SSSR count). The molecule has 1 atom stereocenters. The van der Waals surface area contributed by atoms with Gasteiger partial charge in [0.05, 0.1) is 6.61 Å². The van der Waals surface area contributed by atoms with E-state index in [2.05, 4.69) is 10.6 Å². The SMILES string of the molecule is CCOCCNC(=O)N[C@@H](CCO)C(=O)O. The van der Waals surface area contributed by atoms with Gasteiger partial charge in [-0.3, -0.25) is 0 Å². The lowest BCUT2D eigenvalue weighted by Gasteiger charge is -2.13. The predicted octanol–water partition coefficient (Wildman–Crippen LogP) is -0.842. The number of nitrogens with one attached hydrogen (secondary N) is 2. The van der Waals surface area contributed by atoms with Crippen molar-refractivity contribution in [2.24, 2.45) is 0 Å². The van der Waals surface area contributed by atoms with Gasteiger partial charge in [0, 0.05) is 26.2 Å². The Morgan fingerprint density at radius 2 is 2.12 bits per heavy atom. The zero-order chi connectivity index (χ0) is 12.4. The number of aliphatic hydroxyl groups is 1. The van der Waals surface area contributed by atoms with Gasteiger partial charge in [0.15, 0.2) is 0 Å². The second-order valence-corrected chi connectivity index (χ2v) is 3.00. The van der Waals surface area contributed by atoms with E-state index in [1.165, 1.54) is 0 Å². The Hall–Kier alpha value is -1.34. The highest BCUT2D eigenvalue weighted by molar-refractivity contribution is 5.82. The molecule has 0 heterocycles. The van der Waals surface area contributed by atoms with Crippen LogP contribution in [0, 0.1) is 0 Å². The quantitative estimate of drug-likeness (QED) is 0.409. The molecular weight excluding hydrogens is 216 g/mol. The second-order valence-electron chi connectivity index (χ2n) is 3.00. The largest absolute Gasteiger partial charge is 0.480 e. The summed E-state index contributed by atoms with van der Waals surface area (Å²) in [5.41, 5.74) is 0. The number of carboxylic acids is 1. The van der Waals surface area contributed by atoms with E-state index in [1.807, 2.05) is 6.92 Å². The van der Waals surface area contributed by atoms with Crippen LogP contribution in [0.25, 0.3) is 0 Å². The molecule has 0 spiro atoms. The first-order valence-corrected chi connectivity index (χ1v) is 5.07. The molecule has 0 fully saturated rings. The van der Waals surface area contributed by atoms with Crippen LogP contribution in [0.5, 0.6) is 0 Å². The zero-order valence-corrected chi connectivity index (χ0v) is 9.23. The Bertz CT molecular complexity index is 222. The van der Waals surface area contributed by atoms with Crippen molar-refractivity contribution in [2.45, 2.75) is 19.4 Å². The van der Waals surface area contributed by atoms with Crippen molar-refractivity contribution in [3.05, 3.63) is 0 Å². The lowest BCUT2D eigenvalue weighted by Crippen LogP contribution is -2.47. The molecule has 0 aliphatic carbocycles. The number of carbonyl (C=O) groups is 2. The van der Waals surface area contributed by atoms with E-state index in [0.29, 0.717) is 19.8 Å². The maximum absolute atomic E-state index is 11.2. The van der Waals surface area contributed by atoms with E-state index in [9.17, 15) is 9.59 Å². The van der Waals surface area contributed by atoms with Crippen LogP contribution < -0.4 is 10.6 Å². The number of urea groups is 1. The Labute approximate surface area is 93.8 Å². The summed E-state index contributed by atoms with van der Waals surface area (Å²) in [6.07, 6.45) is -0.0196. The van der Waals surface area contributed by atoms with Crippen LogP contribution in [0.15, 0.2) is 0 Å². The highest BCUT2D eigenvalue weighted by Gasteiger charge is 2.18. The van der Waals surface area contributed by atoms with Crippen molar-refractivity contribution in [1.29, 1.82) is 0 Å². The van der Waals surface area contributed by atoms with Crippen LogP contribution in [0.3, 0.4) is 0 Å². The van der Waals surface area contributed by atoms with Gasteiger partial charge < -0.3 is 25.6 Å². The van der Waals surface area contributed by atoms with Crippen molar-refractivity contribution in [2.75, 3.05) is 26.4 Å². The van der Waals surface area contributed by atoms with Gasteiger partial charge in [-0.25, -0.2) is 9.59 Å². The average molecular weight is 234 g/mol. The number of rotatable bonds is 8. The molecule has 0 radical (unpaired) electrons. The molecule has 0 unspecified atom stereocenters. The van der Waals surface area contributed by atoms with Crippen LogP contribution in [0.2, 0.25) is 0 Å². The molecular formula is C9H18N2O5. The highest BCUT2D eigenvalue weighted by atomic mass is 16.5. The number of carboxylic acid groups (broad SMARTS) is 1. The third-order valence-corrected chi connectivity index (χ3v) is 1.76. The van der Waals surface area contributed by atoms with Crippen LogP contribution >= 0.6 is 0 Å². The monoisotopic (exact) mass is 234 g/mol. The summed E-state index contributed by atoms with van der Waals surface area (Å²) >= 11 is 0. The van der Waals surface area contributed by atoms with Gasteiger partial charge in [0.2, 0.25) is 0 Å². The van der Waals surface area contributed by atoms with Crippen LogP contribution in [-0.4, -0.2) is 54.6 Å². The number of hydrogen-bond acceptors (Lipinski definition) is 4. The fourth-order valence-corrected chi connectivity index (χ4v) is 0.977. The summed E-state index contributed by atoms with van der Waals surface area (Å²) in [5.74, 6) is -1.17. The molecule has 0 aliphatic rings. The summed E-state index contributed by atoms with van der Waals surface area (Å²) in [4.78, 5) is 21.8. The maximum Gasteiger partial charge on any atom is 0.326 e. The smallest absolute Gasteiger partial charge is 0.326 e. The van der Waals surface area contributed by atoms with Crippen LogP contribution in [0.1, 0.15) is 13.3 Å². The first kappa shape index (κ1) is 14.7. The minimum Gasteiger partial charge on any atom is -0.480 e. The van der Waals surface area contributed by atoms with Gasteiger partial charge in [-0.2, -0.15) is 0 Å². The van der Waals surface area contributed by atoms with Gasteiger partial charge >= 0.3 is 12.0 Å². The lowest BCUT2D eigenvalue weighted by atomic mass is 10.2. The number of ether oxygens (including phenoxy) is 1. The molecule has 2 amide bonds. The molecule has 94 valence electrons. The van der Waals surface area contributed by atoms with E-state index in [-0.39, 0.29) is 13.0 Å². The number of hydrogen-bond donors (Lipinski definition) is 4. The third-order valence-electron chi connectivity index (χ3n) is 1.76. The van der Waals surface area contributed by atoms with Crippen molar-refractivity contribution in [3.8, 4) is 0 Å². The molecule has 7 nitrogen and oxygen atoms in total. The average Bonchev–Trinajstić information content (AvgIpc) is 2.23. The fraction of sp³-hybridized carbons (Fsp3) is 0.778. The molecule has 0 aromatic rings. The van der Waals surface area contributed by atoms with Gasteiger partial charge in [0.25, 0.3) is 0 Å². The van der Waals surface area contributed by atoms with Crippen molar-refractivity contribution < 1.29 is 24.5 Å². The van der Waals surface area contributed by atoms with Crippen molar-refractivity contribution >= 4 is 12.0 Å². The number of carbonyl (C=O) groups excluding carboxylic acids is 1. The molecule has 0 saturated carbocycles. The first-order valence-electron chi connectivity index (χ1n) is 5.07. The molecule has 16 heavy (non-hydrogen) atoms. The maximum atomic E-state index is 11.2. The standard InChI is InChI=1S/C9H18N2O5/c1-2-16-6-4-10-9(15)11-7(3-5-12)8(13)14/h7,12H,2-6H2,1H3,(H,13,14)(H2,10,11,15)/t7-/m0/s1. The number of aliphatic hydroxyl groups excluding tert-OH is 1. The van der Waals surface area contributed by atoms with Gasteiger partial charge in [-0.1, -0.05) is 0 Å². The summed E-state index contributed by atoms with van der Waals surface area (Å²) in [6.45, 7) is 2.79. The van der Waals surface area contributed by atoms with Gasteiger partial charge in [0.1, 0.15) is 6.04 Å². The lowest BCUT2D eigenvalue weighted by molar-refractivity contribution is -0.139. The van der Waals surface area contributed by atoms with Crippen LogP contribution in [0.4, 0.5) is 4.79 Å². The zero-order valence-electron chi connectivity index (χ0n) is 9.23.